The molecule has 0 unspecified atom stereocenters. The molecule has 152 valence electrons. The molecule has 4 N–H and O–H groups in total. The van der Waals surface area contributed by atoms with Gasteiger partial charge in [-0.1, -0.05) is 23.7 Å². The molecule has 2 aromatic rings. The molecule has 0 heterocycles. The summed E-state index contributed by atoms with van der Waals surface area (Å²) in [5, 5.41) is 32.0. The molecule has 0 saturated carbocycles. The number of ether oxygens (including phenoxy) is 2. The van der Waals surface area contributed by atoms with Crippen LogP contribution in [0.3, 0.4) is 0 Å². The van der Waals surface area contributed by atoms with Gasteiger partial charge in [0.15, 0.2) is 6.61 Å². The lowest BCUT2D eigenvalue weighted by molar-refractivity contribution is -0.139. The number of nitrogens with one attached hydrogen (secondary N) is 1. The van der Waals surface area contributed by atoms with Crippen molar-refractivity contribution in [1.82, 2.24) is 5.32 Å². The van der Waals surface area contributed by atoms with Gasteiger partial charge in [-0.25, -0.2) is 4.79 Å². The van der Waals surface area contributed by atoms with Crippen molar-refractivity contribution in [1.29, 1.82) is 0 Å². The zero-order chi connectivity index (χ0) is 20.7. The standard InChI is InChI=1S/C20H24ClNO6/c1-12(20(26)13-3-5-15(23)6-4-13)22-8-7-14-9-16(21)18(10-17(14)27-2)28-11-19(24)25/h3-6,9-10,12,20,22-23,26H,7-8,11H2,1-2H3,(H,24,25)/t12-,20+/m0/s1. The highest BCUT2D eigenvalue weighted by molar-refractivity contribution is 6.32. The van der Waals surface area contributed by atoms with E-state index in [1.807, 2.05) is 6.92 Å². The molecule has 2 aromatic carbocycles. The number of aliphatic hydroxyl groups is 1. The summed E-state index contributed by atoms with van der Waals surface area (Å²) in [5.74, 6) is -0.159. The van der Waals surface area contributed by atoms with Crippen molar-refractivity contribution in [3.63, 3.8) is 0 Å². The summed E-state index contributed by atoms with van der Waals surface area (Å²) in [6, 6.07) is 9.45. The topological polar surface area (TPSA) is 108 Å². The summed E-state index contributed by atoms with van der Waals surface area (Å²) >= 11 is 6.17. The van der Waals surface area contributed by atoms with E-state index in [-0.39, 0.29) is 17.5 Å². The summed E-state index contributed by atoms with van der Waals surface area (Å²) in [5.41, 5.74) is 1.53. The Morgan fingerprint density at radius 1 is 1.21 bits per heavy atom. The van der Waals surface area contributed by atoms with E-state index in [1.54, 1.807) is 24.3 Å². The van der Waals surface area contributed by atoms with Crippen LogP contribution in [-0.4, -0.2) is 47.6 Å². The van der Waals surface area contributed by atoms with Crippen LogP contribution in [0.25, 0.3) is 0 Å². The lowest BCUT2D eigenvalue weighted by atomic mass is 10.0. The molecule has 2 rings (SSSR count). The molecule has 8 heteroatoms. The molecule has 0 spiro atoms. The molecule has 7 nitrogen and oxygen atoms in total. The number of aromatic hydroxyl groups is 1. The number of halogens is 1. The van der Waals surface area contributed by atoms with Crippen molar-refractivity contribution in [2.75, 3.05) is 20.3 Å². The Kier molecular flexibility index (Phi) is 7.92. The zero-order valence-corrected chi connectivity index (χ0v) is 16.4. The average Bonchev–Trinajstić information content (AvgIpc) is 2.67. The monoisotopic (exact) mass is 409 g/mol. The smallest absolute Gasteiger partial charge is 0.341 e. The minimum Gasteiger partial charge on any atom is -0.508 e. The van der Waals surface area contributed by atoms with Gasteiger partial charge in [0.2, 0.25) is 0 Å². The average molecular weight is 410 g/mol. The first-order valence-electron chi connectivity index (χ1n) is 8.73. The third kappa shape index (κ3) is 6.02. The fourth-order valence-corrected chi connectivity index (χ4v) is 2.96. The van der Waals surface area contributed by atoms with E-state index >= 15 is 0 Å². The molecular weight excluding hydrogens is 386 g/mol. The van der Waals surface area contributed by atoms with Gasteiger partial charge < -0.3 is 30.1 Å². The van der Waals surface area contributed by atoms with Crippen LogP contribution in [0.4, 0.5) is 0 Å². The second-order valence-corrected chi connectivity index (χ2v) is 6.71. The lowest BCUT2D eigenvalue weighted by Crippen LogP contribution is -2.33. The summed E-state index contributed by atoms with van der Waals surface area (Å²) in [6.07, 6.45) is -0.146. The second kappa shape index (κ2) is 10.2. The lowest BCUT2D eigenvalue weighted by Gasteiger charge is -2.21. The number of benzene rings is 2. The van der Waals surface area contributed by atoms with Crippen LogP contribution in [0.5, 0.6) is 17.2 Å². The number of aliphatic carboxylic acids is 1. The fraction of sp³-hybridized carbons (Fsp3) is 0.350. The van der Waals surface area contributed by atoms with Crippen LogP contribution in [0.1, 0.15) is 24.2 Å². The number of rotatable bonds is 10. The highest BCUT2D eigenvalue weighted by Gasteiger charge is 2.17. The van der Waals surface area contributed by atoms with E-state index in [9.17, 15) is 15.0 Å². The number of phenolic OH excluding ortho intramolecular Hbond substituents is 1. The fourth-order valence-electron chi connectivity index (χ4n) is 2.72. The Morgan fingerprint density at radius 2 is 1.89 bits per heavy atom. The highest BCUT2D eigenvalue weighted by atomic mass is 35.5. The van der Waals surface area contributed by atoms with Gasteiger partial charge in [0.25, 0.3) is 0 Å². The van der Waals surface area contributed by atoms with Crippen molar-refractivity contribution in [2.24, 2.45) is 0 Å². The minimum absolute atomic E-state index is 0.149. The molecule has 2 atom stereocenters. The number of hydrogen-bond acceptors (Lipinski definition) is 6. The minimum atomic E-state index is -1.09. The quantitative estimate of drug-likeness (QED) is 0.477. The summed E-state index contributed by atoms with van der Waals surface area (Å²) in [6.45, 7) is 1.93. The SMILES string of the molecule is COc1cc(OCC(=O)O)c(Cl)cc1CCN[C@@H](C)[C@@H](O)c1ccc(O)cc1. The van der Waals surface area contributed by atoms with Gasteiger partial charge in [-0.2, -0.15) is 0 Å². The molecule has 0 aliphatic rings. The predicted molar refractivity (Wildman–Crippen MR) is 105 cm³/mol. The van der Waals surface area contributed by atoms with Crippen LogP contribution < -0.4 is 14.8 Å². The first kappa shape index (κ1) is 21.8. The molecule has 0 bridgehead atoms. The van der Waals surface area contributed by atoms with Gasteiger partial charge in [0.05, 0.1) is 18.2 Å². The second-order valence-electron chi connectivity index (χ2n) is 6.31. The van der Waals surface area contributed by atoms with E-state index in [1.165, 1.54) is 19.2 Å². The third-order valence-electron chi connectivity index (χ3n) is 4.25. The molecule has 28 heavy (non-hydrogen) atoms. The highest BCUT2D eigenvalue weighted by Crippen LogP contribution is 2.33. The number of hydrogen-bond donors (Lipinski definition) is 4. The normalized spacial score (nSPS) is 13.0. The maximum Gasteiger partial charge on any atom is 0.341 e. The number of aliphatic hydroxyl groups excluding tert-OH is 1. The van der Waals surface area contributed by atoms with Gasteiger partial charge in [-0.05, 0) is 49.2 Å². The van der Waals surface area contributed by atoms with Crippen molar-refractivity contribution in [3.8, 4) is 17.2 Å². The molecule has 0 amide bonds. The molecular formula is C20H24ClNO6. The van der Waals surface area contributed by atoms with E-state index in [0.717, 1.165) is 5.56 Å². The maximum atomic E-state index is 10.6. The largest absolute Gasteiger partial charge is 0.508 e. The molecule has 0 saturated heterocycles. The van der Waals surface area contributed by atoms with E-state index in [0.29, 0.717) is 29.3 Å². The number of carbonyl (C=O) groups is 1. The van der Waals surface area contributed by atoms with E-state index in [2.05, 4.69) is 5.32 Å². The summed E-state index contributed by atoms with van der Waals surface area (Å²) in [7, 11) is 1.51. The van der Waals surface area contributed by atoms with Gasteiger partial charge >= 0.3 is 5.97 Å². The first-order chi connectivity index (χ1) is 13.3. The Morgan fingerprint density at radius 3 is 2.50 bits per heavy atom. The van der Waals surface area contributed by atoms with Crippen LogP contribution in [-0.2, 0) is 11.2 Å². The number of carboxylic acids is 1. The van der Waals surface area contributed by atoms with Gasteiger partial charge in [0.1, 0.15) is 17.2 Å². The maximum absolute atomic E-state index is 10.6. The third-order valence-corrected chi connectivity index (χ3v) is 4.55. The van der Waals surface area contributed by atoms with Gasteiger partial charge in [0, 0.05) is 12.1 Å². The molecule has 0 aliphatic carbocycles. The van der Waals surface area contributed by atoms with Crippen LogP contribution in [0.2, 0.25) is 5.02 Å². The number of methoxy groups -OCH3 is 1. The Bertz CT molecular complexity index is 796. The van der Waals surface area contributed by atoms with Gasteiger partial charge in [-0.15, -0.1) is 0 Å². The van der Waals surface area contributed by atoms with Crippen molar-refractivity contribution in [3.05, 3.63) is 52.5 Å². The first-order valence-corrected chi connectivity index (χ1v) is 9.11. The Hall–Kier alpha value is -2.48. The Labute approximate surface area is 168 Å². The molecule has 0 aliphatic heterocycles. The van der Waals surface area contributed by atoms with Crippen molar-refractivity contribution < 1.29 is 29.6 Å². The van der Waals surface area contributed by atoms with Crippen LogP contribution >= 0.6 is 11.6 Å². The Balaban J connectivity index is 1.96. The summed E-state index contributed by atoms with van der Waals surface area (Å²) in [4.78, 5) is 10.6. The van der Waals surface area contributed by atoms with Gasteiger partial charge in [-0.3, -0.25) is 0 Å². The zero-order valence-electron chi connectivity index (χ0n) is 15.7. The van der Waals surface area contributed by atoms with E-state index < -0.39 is 18.7 Å². The predicted octanol–water partition coefficient (Wildman–Crippen LogP) is 2.77. The van der Waals surface area contributed by atoms with E-state index in [4.69, 9.17) is 26.2 Å². The molecule has 0 fully saturated rings. The molecule has 0 aromatic heterocycles. The molecule has 0 radical (unpaired) electrons. The van der Waals surface area contributed by atoms with Crippen molar-refractivity contribution in [2.45, 2.75) is 25.5 Å². The number of phenols is 1. The summed E-state index contributed by atoms with van der Waals surface area (Å²) < 4.78 is 10.5. The van der Waals surface area contributed by atoms with Crippen molar-refractivity contribution >= 4 is 17.6 Å². The van der Waals surface area contributed by atoms with Crippen LogP contribution in [0.15, 0.2) is 36.4 Å². The number of carboxylic acid groups (broad SMARTS) is 1. The van der Waals surface area contributed by atoms with Crippen LogP contribution in [0, 0.1) is 0 Å².